The summed E-state index contributed by atoms with van der Waals surface area (Å²) < 4.78 is 29.1. The number of rotatable bonds is 3. The molecule has 106 valence electrons. The Morgan fingerprint density at radius 3 is 2.37 bits per heavy atom. The van der Waals surface area contributed by atoms with Crippen LogP contribution >= 0.6 is 11.5 Å². The lowest BCUT2D eigenvalue weighted by molar-refractivity contribution is 0.595. The molecule has 2 aliphatic rings. The summed E-state index contributed by atoms with van der Waals surface area (Å²) in [5.74, 6) is 0.191. The Hall–Kier alpha value is -0.820. The number of nitrogen functional groups attached to an aromatic ring is 1. The van der Waals surface area contributed by atoms with Crippen LogP contribution in [0.4, 0.5) is 10.8 Å². The first kappa shape index (κ1) is 13.2. The lowest BCUT2D eigenvalue weighted by atomic mass is 10.2. The van der Waals surface area contributed by atoms with Gasteiger partial charge in [0, 0.05) is 13.1 Å². The van der Waals surface area contributed by atoms with E-state index in [-0.39, 0.29) is 11.1 Å². The first-order valence-corrected chi connectivity index (χ1v) is 9.16. The van der Waals surface area contributed by atoms with Gasteiger partial charge in [-0.15, -0.1) is 0 Å². The van der Waals surface area contributed by atoms with Gasteiger partial charge < -0.3 is 10.6 Å². The molecule has 2 N–H and O–H groups in total. The first-order valence-electron chi connectivity index (χ1n) is 6.84. The van der Waals surface area contributed by atoms with E-state index in [1.165, 1.54) is 24.4 Å². The number of anilines is 2. The standard InChI is InChI=1S/C12H19N3O2S2/c13-11-10(19(16,17)9-5-6-9)12(18-14-11)15-7-3-1-2-4-8-15/h9H,1-8H2,(H2,13,14). The van der Waals surface area contributed by atoms with Gasteiger partial charge in [-0.05, 0) is 37.2 Å². The van der Waals surface area contributed by atoms with E-state index in [0.29, 0.717) is 4.90 Å². The lowest BCUT2D eigenvalue weighted by Crippen LogP contribution is -2.25. The average Bonchev–Trinajstić information content (AvgIpc) is 3.17. The van der Waals surface area contributed by atoms with Crippen LogP contribution in [-0.4, -0.2) is 31.1 Å². The molecule has 0 bridgehead atoms. The van der Waals surface area contributed by atoms with Gasteiger partial charge in [0.25, 0.3) is 0 Å². The molecule has 0 radical (unpaired) electrons. The molecular formula is C12H19N3O2S2. The van der Waals surface area contributed by atoms with Gasteiger partial charge in [0.15, 0.2) is 15.7 Å². The van der Waals surface area contributed by atoms with Crippen molar-refractivity contribution in [3.8, 4) is 0 Å². The number of sulfone groups is 1. The second-order valence-electron chi connectivity index (χ2n) is 5.35. The number of aromatic nitrogens is 1. The number of hydrogen-bond donors (Lipinski definition) is 1. The second kappa shape index (κ2) is 4.94. The molecule has 19 heavy (non-hydrogen) atoms. The van der Waals surface area contributed by atoms with Crippen LogP contribution in [0.1, 0.15) is 38.5 Å². The Bertz CT molecular complexity index is 556. The number of nitrogens with zero attached hydrogens (tertiary/aromatic N) is 2. The molecule has 0 unspecified atom stereocenters. The predicted molar refractivity (Wildman–Crippen MR) is 77.4 cm³/mol. The Balaban J connectivity index is 1.98. The Kier molecular flexibility index (Phi) is 3.42. The molecule has 1 saturated carbocycles. The fourth-order valence-electron chi connectivity index (χ4n) is 2.57. The van der Waals surface area contributed by atoms with Crippen molar-refractivity contribution >= 4 is 32.2 Å². The van der Waals surface area contributed by atoms with Crippen molar-refractivity contribution in [2.75, 3.05) is 23.7 Å². The third-order valence-electron chi connectivity index (χ3n) is 3.80. The summed E-state index contributed by atoms with van der Waals surface area (Å²) in [6.45, 7) is 1.82. The van der Waals surface area contributed by atoms with Gasteiger partial charge in [-0.1, -0.05) is 12.8 Å². The Morgan fingerprint density at radius 1 is 1.16 bits per heavy atom. The summed E-state index contributed by atoms with van der Waals surface area (Å²) in [7, 11) is -3.26. The molecule has 1 aromatic heterocycles. The second-order valence-corrected chi connectivity index (χ2v) is 8.26. The minimum absolute atomic E-state index is 0.191. The molecule has 1 aromatic rings. The van der Waals surface area contributed by atoms with E-state index < -0.39 is 9.84 Å². The van der Waals surface area contributed by atoms with Crippen molar-refractivity contribution in [3.05, 3.63) is 0 Å². The summed E-state index contributed by atoms with van der Waals surface area (Å²) >= 11 is 1.24. The topological polar surface area (TPSA) is 76.3 Å². The van der Waals surface area contributed by atoms with Crippen LogP contribution in [0.25, 0.3) is 0 Å². The van der Waals surface area contributed by atoms with Gasteiger partial charge in [-0.3, -0.25) is 0 Å². The maximum atomic E-state index is 12.5. The van der Waals surface area contributed by atoms with Crippen LogP contribution in [0.5, 0.6) is 0 Å². The minimum atomic E-state index is -3.26. The van der Waals surface area contributed by atoms with E-state index >= 15 is 0 Å². The monoisotopic (exact) mass is 301 g/mol. The molecule has 0 amide bonds. The van der Waals surface area contributed by atoms with E-state index in [9.17, 15) is 8.42 Å². The van der Waals surface area contributed by atoms with Crippen LogP contribution in [0.2, 0.25) is 0 Å². The van der Waals surface area contributed by atoms with Gasteiger partial charge in [-0.25, -0.2) is 8.42 Å². The minimum Gasteiger partial charge on any atom is -0.382 e. The maximum absolute atomic E-state index is 12.5. The zero-order chi connectivity index (χ0) is 13.5. The van der Waals surface area contributed by atoms with Crippen molar-refractivity contribution < 1.29 is 8.42 Å². The smallest absolute Gasteiger partial charge is 0.187 e. The molecule has 2 fully saturated rings. The molecule has 0 spiro atoms. The zero-order valence-electron chi connectivity index (χ0n) is 10.8. The van der Waals surface area contributed by atoms with E-state index in [4.69, 9.17) is 5.73 Å². The molecule has 5 nitrogen and oxygen atoms in total. The maximum Gasteiger partial charge on any atom is 0.187 e. The summed E-state index contributed by atoms with van der Waals surface area (Å²) in [5.41, 5.74) is 5.83. The quantitative estimate of drug-likeness (QED) is 0.924. The van der Waals surface area contributed by atoms with Crippen LogP contribution < -0.4 is 10.6 Å². The molecule has 2 heterocycles. The van der Waals surface area contributed by atoms with E-state index in [0.717, 1.165) is 43.8 Å². The van der Waals surface area contributed by atoms with Crippen molar-refractivity contribution in [1.82, 2.24) is 4.37 Å². The number of hydrogen-bond acceptors (Lipinski definition) is 6. The highest BCUT2D eigenvalue weighted by Gasteiger charge is 2.41. The molecule has 1 saturated heterocycles. The number of nitrogens with two attached hydrogens (primary N) is 1. The van der Waals surface area contributed by atoms with Gasteiger partial charge >= 0.3 is 0 Å². The van der Waals surface area contributed by atoms with Crippen molar-refractivity contribution in [1.29, 1.82) is 0 Å². The summed E-state index contributed by atoms with van der Waals surface area (Å²) in [6.07, 6.45) is 6.18. The molecule has 0 atom stereocenters. The third-order valence-corrected chi connectivity index (χ3v) is 7.17. The average molecular weight is 301 g/mol. The molecule has 0 aromatic carbocycles. The highest BCUT2D eigenvalue weighted by molar-refractivity contribution is 7.92. The van der Waals surface area contributed by atoms with Gasteiger partial charge in [0.1, 0.15) is 9.90 Å². The van der Waals surface area contributed by atoms with Crippen LogP contribution in [0.3, 0.4) is 0 Å². The van der Waals surface area contributed by atoms with Gasteiger partial charge in [-0.2, -0.15) is 4.37 Å². The summed E-state index contributed by atoms with van der Waals surface area (Å²) in [4.78, 5) is 2.47. The van der Waals surface area contributed by atoms with Crippen molar-refractivity contribution in [3.63, 3.8) is 0 Å². The van der Waals surface area contributed by atoms with Crippen LogP contribution in [0.15, 0.2) is 4.90 Å². The highest BCUT2D eigenvalue weighted by Crippen LogP contribution is 2.42. The highest BCUT2D eigenvalue weighted by atomic mass is 32.2. The normalized spacial score (nSPS) is 21.4. The predicted octanol–water partition coefficient (Wildman–Crippen LogP) is 2.04. The molecular weight excluding hydrogens is 282 g/mol. The summed E-state index contributed by atoms with van der Waals surface area (Å²) in [6, 6.07) is 0. The zero-order valence-corrected chi connectivity index (χ0v) is 12.5. The van der Waals surface area contributed by atoms with Gasteiger partial charge in [0.05, 0.1) is 5.25 Å². The van der Waals surface area contributed by atoms with Crippen LogP contribution in [0, 0.1) is 0 Å². The first-order chi connectivity index (χ1) is 9.10. The van der Waals surface area contributed by atoms with E-state index in [1.807, 2.05) is 0 Å². The lowest BCUT2D eigenvalue weighted by Gasteiger charge is -2.21. The molecule has 7 heteroatoms. The van der Waals surface area contributed by atoms with Crippen molar-refractivity contribution in [2.45, 2.75) is 48.7 Å². The Labute approximate surface area is 117 Å². The molecule has 1 aliphatic carbocycles. The van der Waals surface area contributed by atoms with Gasteiger partial charge in [0.2, 0.25) is 0 Å². The largest absolute Gasteiger partial charge is 0.382 e. The fraction of sp³-hybridized carbons (Fsp3) is 0.750. The molecule has 1 aliphatic heterocycles. The van der Waals surface area contributed by atoms with E-state index in [2.05, 4.69) is 9.27 Å². The molecule has 3 rings (SSSR count). The van der Waals surface area contributed by atoms with E-state index in [1.54, 1.807) is 0 Å². The fourth-order valence-corrected chi connectivity index (χ4v) is 5.65. The van der Waals surface area contributed by atoms with Crippen molar-refractivity contribution in [2.24, 2.45) is 0 Å². The SMILES string of the molecule is Nc1nsc(N2CCCCCC2)c1S(=O)(=O)C1CC1. The van der Waals surface area contributed by atoms with Crippen LogP contribution in [-0.2, 0) is 9.84 Å². The summed E-state index contributed by atoms with van der Waals surface area (Å²) in [5, 5.41) is 0.545. The Morgan fingerprint density at radius 2 is 1.79 bits per heavy atom. The third kappa shape index (κ3) is 2.45.